The first-order valence-corrected chi connectivity index (χ1v) is 6.01. The molecule has 2 heterocycles. The van der Waals surface area contributed by atoms with E-state index >= 15 is 0 Å². The number of pyridine rings is 1. The number of ether oxygens (including phenoxy) is 1. The van der Waals surface area contributed by atoms with Crippen LogP contribution in [0, 0.1) is 0 Å². The Morgan fingerprint density at radius 2 is 2.12 bits per heavy atom. The van der Waals surface area contributed by atoms with Crippen molar-refractivity contribution in [3.63, 3.8) is 0 Å². The van der Waals surface area contributed by atoms with Crippen LogP contribution in [0.3, 0.4) is 0 Å². The van der Waals surface area contributed by atoms with Crippen LogP contribution in [0.1, 0.15) is 0 Å². The van der Waals surface area contributed by atoms with Crippen molar-refractivity contribution in [2.45, 2.75) is 0 Å². The molecule has 5 heteroatoms. The summed E-state index contributed by atoms with van der Waals surface area (Å²) in [5.41, 5.74) is 5.56. The fourth-order valence-electron chi connectivity index (χ4n) is 2.08. The van der Waals surface area contributed by atoms with Gasteiger partial charge in [0.15, 0.2) is 0 Å². The summed E-state index contributed by atoms with van der Waals surface area (Å²) in [4.78, 5) is 9.06. The normalized spacial score (nSPS) is 17.2. The van der Waals surface area contributed by atoms with E-state index in [9.17, 15) is 0 Å². The number of methoxy groups -OCH3 is 1. The molecule has 0 bridgehead atoms. The molecule has 1 fully saturated rings. The van der Waals surface area contributed by atoms with Crippen molar-refractivity contribution in [3.05, 3.63) is 18.3 Å². The Labute approximate surface area is 102 Å². The van der Waals surface area contributed by atoms with E-state index in [1.54, 1.807) is 13.3 Å². The number of aromatic nitrogens is 1. The summed E-state index contributed by atoms with van der Waals surface area (Å²) >= 11 is 0. The Hall–Kier alpha value is -1.33. The standard InChI is InChI=1S/C12H20N4O/c1-17-11-2-4-14-12(10-11)16-8-6-15(5-3-13)7-9-16/h2,4,10H,3,5-9,13H2,1H3. The maximum atomic E-state index is 5.56. The third-order valence-corrected chi connectivity index (χ3v) is 3.09. The number of nitrogens with zero attached hydrogens (tertiary/aromatic N) is 3. The summed E-state index contributed by atoms with van der Waals surface area (Å²) in [5.74, 6) is 1.86. The van der Waals surface area contributed by atoms with Crippen molar-refractivity contribution in [1.29, 1.82) is 0 Å². The highest BCUT2D eigenvalue weighted by atomic mass is 16.5. The van der Waals surface area contributed by atoms with Crippen molar-refractivity contribution in [2.75, 3.05) is 51.3 Å². The minimum Gasteiger partial charge on any atom is -0.497 e. The molecule has 0 unspecified atom stereocenters. The minimum atomic E-state index is 0.734. The molecule has 0 radical (unpaired) electrons. The van der Waals surface area contributed by atoms with Gasteiger partial charge in [-0.05, 0) is 6.07 Å². The molecule has 2 rings (SSSR count). The van der Waals surface area contributed by atoms with E-state index in [2.05, 4.69) is 14.8 Å². The molecule has 1 aromatic rings. The highest BCUT2D eigenvalue weighted by molar-refractivity contribution is 5.43. The van der Waals surface area contributed by atoms with Gasteiger partial charge in [0, 0.05) is 51.5 Å². The first-order valence-electron chi connectivity index (χ1n) is 6.01. The molecular weight excluding hydrogens is 216 g/mol. The van der Waals surface area contributed by atoms with Crippen LogP contribution >= 0.6 is 0 Å². The number of nitrogens with two attached hydrogens (primary N) is 1. The van der Waals surface area contributed by atoms with Crippen molar-refractivity contribution >= 4 is 5.82 Å². The zero-order valence-corrected chi connectivity index (χ0v) is 10.3. The molecule has 1 aromatic heterocycles. The molecule has 5 nitrogen and oxygen atoms in total. The van der Waals surface area contributed by atoms with Crippen LogP contribution in [-0.2, 0) is 0 Å². The fraction of sp³-hybridized carbons (Fsp3) is 0.583. The van der Waals surface area contributed by atoms with E-state index in [-0.39, 0.29) is 0 Å². The lowest BCUT2D eigenvalue weighted by Gasteiger charge is -2.35. The van der Waals surface area contributed by atoms with Gasteiger partial charge in [-0.15, -0.1) is 0 Å². The van der Waals surface area contributed by atoms with Gasteiger partial charge < -0.3 is 15.4 Å². The van der Waals surface area contributed by atoms with Gasteiger partial charge in [0.1, 0.15) is 11.6 Å². The Kier molecular flexibility index (Phi) is 4.17. The van der Waals surface area contributed by atoms with E-state index in [0.717, 1.165) is 50.8 Å². The first-order chi connectivity index (χ1) is 8.33. The van der Waals surface area contributed by atoms with Gasteiger partial charge in [-0.25, -0.2) is 4.98 Å². The smallest absolute Gasteiger partial charge is 0.132 e. The van der Waals surface area contributed by atoms with Gasteiger partial charge >= 0.3 is 0 Å². The largest absolute Gasteiger partial charge is 0.497 e. The van der Waals surface area contributed by atoms with Gasteiger partial charge in [0.25, 0.3) is 0 Å². The highest BCUT2D eigenvalue weighted by Gasteiger charge is 2.17. The molecule has 0 aliphatic carbocycles. The second-order valence-corrected chi connectivity index (χ2v) is 4.17. The molecule has 0 atom stereocenters. The van der Waals surface area contributed by atoms with Crippen LogP contribution in [-0.4, -0.2) is 56.3 Å². The number of anilines is 1. The average Bonchev–Trinajstić information content (AvgIpc) is 2.40. The fourth-order valence-corrected chi connectivity index (χ4v) is 2.08. The second kappa shape index (κ2) is 5.84. The minimum absolute atomic E-state index is 0.734. The molecule has 1 aliphatic heterocycles. The lowest BCUT2D eigenvalue weighted by molar-refractivity contribution is 0.264. The zero-order chi connectivity index (χ0) is 12.1. The Morgan fingerprint density at radius 3 is 2.76 bits per heavy atom. The van der Waals surface area contributed by atoms with E-state index < -0.39 is 0 Å². The third kappa shape index (κ3) is 3.08. The Morgan fingerprint density at radius 1 is 1.35 bits per heavy atom. The van der Waals surface area contributed by atoms with Crippen LogP contribution in [0.2, 0.25) is 0 Å². The SMILES string of the molecule is COc1ccnc(N2CCN(CCN)CC2)c1. The molecule has 0 amide bonds. The number of rotatable bonds is 4. The third-order valence-electron chi connectivity index (χ3n) is 3.09. The van der Waals surface area contributed by atoms with Crippen LogP contribution < -0.4 is 15.4 Å². The van der Waals surface area contributed by atoms with E-state index in [0.29, 0.717) is 0 Å². The van der Waals surface area contributed by atoms with E-state index in [1.165, 1.54) is 0 Å². The molecule has 0 spiro atoms. The molecule has 1 saturated heterocycles. The van der Waals surface area contributed by atoms with Gasteiger partial charge in [-0.1, -0.05) is 0 Å². The first kappa shape index (κ1) is 12.1. The van der Waals surface area contributed by atoms with Crippen molar-refractivity contribution in [3.8, 4) is 5.75 Å². The molecule has 1 aliphatic rings. The maximum Gasteiger partial charge on any atom is 0.132 e. The van der Waals surface area contributed by atoms with Gasteiger partial charge in [0.05, 0.1) is 7.11 Å². The molecule has 0 saturated carbocycles. The Balaban J connectivity index is 1.95. The molecule has 17 heavy (non-hydrogen) atoms. The molecular formula is C12H20N4O. The molecule has 94 valence electrons. The van der Waals surface area contributed by atoms with Gasteiger partial charge in [0.2, 0.25) is 0 Å². The lowest BCUT2D eigenvalue weighted by atomic mass is 10.3. The van der Waals surface area contributed by atoms with Crippen molar-refractivity contribution in [2.24, 2.45) is 5.73 Å². The predicted octanol–water partition coefficient (Wildman–Crippen LogP) is 0.171. The van der Waals surface area contributed by atoms with Crippen molar-refractivity contribution < 1.29 is 4.74 Å². The summed E-state index contributed by atoms with van der Waals surface area (Å²) in [6.45, 7) is 5.82. The van der Waals surface area contributed by atoms with Crippen LogP contribution in [0.15, 0.2) is 18.3 Å². The van der Waals surface area contributed by atoms with E-state index in [4.69, 9.17) is 10.5 Å². The average molecular weight is 236 g/mol. The van der Waals surface area contributed by atoms with Crippen LogP contribution in [0.5, 0.6) is 5.75 Å². The van der Waals surface area contributed by atoms with Crippen LogP contribution in [0.4, 0.5) is 5.82 Å². The zero-order valence-electron chi connectivity index (χ0n) is 10.3. The topological polar surface area (TPSA) is 54.6 Å². The number of piperazine rings is 1. The molecule has 0 aromatic carbocycles. The number of hydrogen-bond donors (Lipinski definition) is 1. The lowest BCUT2D eigenvalue weighted by Crippen LogP contribution is -2.48. The summed E-state index contributed by atoms with van der Waals surface area (Å²) in [6.07, 6.45) is 1.79. The predicted molar refractivity (Wildman–Crippen MR) is 68.5 cm³/mol. The van der Waals surface area contributed by atoms with Crippen LogP contribution in [0.25, 0.3) is 0 Å². The quantitative estimate of drug-likeness (QED) is 0.807. The summed E-state index contributed by atoms with van der Waals surface area (Å²) in [5, 5.41) is 0. The van der Waals surface area contributed by atoms with Crippen molar-refractivity contribution in [1.82, 2.24) is 9.88 Å². The highest BCUT2D eigenvalue weighted by Crippen LogP contribution is 2.18. The monoisotopic (exact) mass is 236 g/mol. The second-order valence-electron chi connectivity index (χ2n) is 4.17. The number of hydrogen-bond acceptors (Lipinski definition) is 5. The maximum absolute atomic E-state index is 5.56. The molecule has 2 N–H and O–H groups in total. The Bertz CT molecular complexity index is 350. The van der Waals surface area contributed by atoms with Gasteiger partial charge in [-0.2, -0.15) is 0 Å². The van der Waals surface area contributed by atoms with E-state index in [1.807, 2.05) is 12.1 Å². The summed E-state index contributed by atoms with van der Waals surface area (Å²) < 4.78 is 5.21. The van der Waals surface area contributed by atoms with Gasteiger partial charge in [-0.3, -0.25) is 4.90 Å². The summed E-state index contributed by atoms with van der Waals surface area (Å²) in [6, 6.07) is 3.85. The summed E-state index contributed by atoms with van der Waals surface area (Å²) in [7, 11) is 1.68.